The Morgan fingerprint density at radius 1 is 1.09 bits per heavy atom. The van der Waals surface area contributed by atoms with Gasteiger partial charge in [0.15, 0.2) is 0 Å². The summed E-state index contributed by atoms with van der Waals surface area (Å²) in [6.45, 7) is 0. The number of hydrogen-bond donors (Lipinski definition) is 6. The number of aliphatic carboxylic acids is 2. The molecule has 0 amide bonds. The van der Waals surface area contributed by atoms with Gasteiger partial charge in [-0.2, -0.15) is 0 Å². The number of fused-ring (bicyclic) bond motifs is 1. The SMILES string of the molecule is COc1ccccc1-c1cc([C@@H](CC(=O)O)C(=O)O)cc(-c2nc3ccc(C(N)=[NH2+])cc3[nH]2)c1O. The zero-order valence-electron chi connectivity index (χ0n) is 18.6. The lowest BCUT2D eigenvalue weighted by molar-refractivity contribution is -0.145. The van der Waals surface area contributed by atoms with E-state index in [1.54, 1.807) is 42.5 Å². The Bertz CT molecular complexity index is 1480. The number of para-hydroxylation sites is 1. The molecule has 1 heterocycles. The summed E-state index contributed by atoms with van der Waals surface area (Å²) in [5, 5.41) is 36.0. The van der Waals surface area contributed by atoms with E-state index in [2.05, 4.69) is 9.97 Å². The number of rotatable bonds is 8. The first kappa shape index (κ1) is 23.3. The summed E-state index contributed by atoms with van der Waals surface area (Å²) in [6, 6.07) is 14.9. The maximum absolute atomic E-state index is 12.0. The van der Waals surface area contributed by atoms with Crippen LogP contribution in [0.3, 0.4) is 0 Å². The molecule has 35 heavy (non-hydrogen) atoms. The van der Waals surface area contributed by atoms with Crippen LogP contribution in [0.4, 0.5) is 0 Å². The first-order valence-corrected chi connectivity index (χ1v) is 10.5. The summed E-state index contributed by atoms with van der Waals surface area (Å²) >= 11 is 0. The highest BCUT2D eigenvalue weighted by Crippen LogP contribution is 2.43. The Labute approximate surface area is 199 Å². The van der Waals surface area contributed by atoms with Crippen molar-refractivity contribution < 1.29 is 35.1 Å². The molecular formula is C25H23N4O6+. The highest BCUT2D eigenvalue weighted by atomic mass is 16.5. The minimum atomic E-state index is -1.36. The maximum atomic E-state index is 12.0. The van der Waals surface area contributed by atoms with Crippen molar-refractivity contribution in [3.8, 4) is 34.0 Å². The number of amidine groups is 1. The first-order valence-electron chi connectivity index (χ1n) is 10.5. The molecule has 0 radical (unpaired) electrons. The third-order valence-electron chi connectivity index (χ3n) is 5.68. The fraction of sp³-hybridized carbons (Fsp3) is 0.120. The number of nitrogens with one attached hydrogen (secondary N) is 1. The smallest absolute Gasteiger partial charge is 0.311 e. The number of aromatic nitrogens is 2. The van der Waals surface area contributed by atoms with Crippen LogP contribution < -0.4 is 15.9 Å². The molecule has 0 fully saturated rings. The van der Waals surface area contributed by atoms with Crippen LogP contribution in [-0.4, -0.2) is 50.2 Å². The molecule has 0 unspecified atom stereocenters. The summed E-state index contributed by atoms with van der Waals surface area (Å²) in [4.78, 5) is 31.0. The molecule has 10 nitrogen and oxygen atoms in total. The number of methoxy groups -OCH3 is 1. The standard InChI is InChI=1S/C25H22N4O6/c1-35-20-5-3-2-4-14(20)16-8-13(15(25(33)34)11-21(30)31)9-17(22(16)32)24-28-18-7-6-12(23(26)27)10-19(18)29-24/h2-10,15,32H,11H2,1H3,(H3,26,27)(H,28,29)(H,30,31)(H,33,34)/p+1/t15-/m1/s1. The number of aromatic hydroxyl groups is 1. The van der Waals surface area contributed by atoms with Gasteiger partial charge in [-0.25, -0.2) is 4.98 Å². The fourth-order valence-corrected chi connectivity index (χ4v) is 3.95. The second kappa shape index (κ2) is 9.18. The Kier molecular flexibility index (Phi) is 6.11. The van der Waals surface area contributed by atoms with Crippen molar-refractivity contribution in [2.45, 2.75) is 12.3 Å². The van der Waals surface area contributed by atoms with E-state index in [0.29, 0.717) is 27.9 Å². The van der Waals surface area contributed by atoms with Crippen LogP contribution in [0.1, 0.15) is 23.5 Å². The zero-order valence-corrected chi connectivity index (χ0v) is 18.6. The number of carboxylic acid groups (broad SMARTS) is 2. The average molecular weight is 475 g/mol. The van der Waals surface area contributed by atoms with Crippen molar-refractivity contribution in [2.24, 2.45) is 5.73 Å². The van der Waals surface area contributed by atoms with E-state index in [9.17, 15) is 24.9 Å². The summed E-state index contributed by atoms with van der Waals surface area (Å²) < 4.78 is 5.43. The number of carboxylic acids is 2. The topological polar surface area (TPSA) is 184 Å². The monoisotopic (exact) mass is 475 g/mol. The van der Waals surface area contributed by atoms with E-state index in [1.165, 1.54) is 19.2 Å². The maximum Gasteiger partial charge on any atom is 0.311 e. The number of phenols is 1. The van der Waals surface area contributed by atoms with Gasteiger partial charge in [-0.3, -0.25) is 20.7 Å². The van der Waals surface area contributed by atoms with Crippen LogP contribution in [0.25, 0.3) is 33.5 Å². The molecular weight excluding hydrogens is 452 g/mol. The van der Waals surface area contributed by atoms with Crippen molar-refractivity contribution in [1.29, 1.82) is 0 Å². The number of nitrogens with zero attached hydrogens (tertiary/aromatic N) is 1. The molecule has 0 saturated heterocycles. The van der Waals surface area contributed by atoms with Gasteiger partial charge in [0.2, 0.25) is 0 Å². The van der Waals surface area contributed by atoms with Crippen molar-refractivity contribution in [2.75, 3.05) is 7.11 Å². The van der Waals surface area contributed by atoms with Crippen molar-refractivity contribution >= 4 is 28.8 Å². The van der Waals surface area contributed by atoms with Gasteiger partial charge >= 0.3 is 11.9 Å². The van der Waals surface area contributed by atoms with Crippen LogP contribution in [0.15, 0.2) is 54.6 Å². The van der Waals surface area contributed by atoms with Gasteiger partial charge in [0, 0.05) is 11.1 Å². The average Bonchev–Trinajstić information content (AvgIpc) is 3.25. The lowest BCUT2D eigenvalue weighted by Gasteiger charge is -2.17. The highest BCUT2D eigenvalue weighted by molar-refractivity contribution is 5.97. The lowest BCUT2D eigenvalue weighted by Crippen LogP contribution is -2.46. The molecule has 0 saturated carbocycles. The van der Waals surface area contributed by atoms with Crippen LogP contribution in [0.2, 0.25) is 0 Å². The molecule has 1 atom stereocenters. The summed E-state index contributed by atoms with van der Waals surface area (Å²) in [7, 11) is 1.47. The van der Waals surface area contributed by atoms with Gasteiger partial charge in [0.1, 0.15) is 17.3 Å². The summed E-state index contributed by atoms with van der Waals surface area (Å²) in [5.41, 5.74) is 8.59. The molecule has 8 N–H and O–H groups in total. The van der Waals surface area contributed by atoms with Gasteiger partial charge < -0.3 is 25.0 Å². The third kappa shape index (κ3) is 4.49. The Morgan fingerprint density at radius 3 is 2.46 bits per heavy atom. The number of phenolic OH excluding ortho intramolecular Hbond substituents is 1. The van der Waals surface area contributed by atoms with Crippen LogP contribution >= 0.6 is 0 Å². The van der Waals surface area contributed by atoms with Crippen molar-refractivity contribution in [3.05, 3.63) is 65.7 Å². The largest absolute Gasteiger partial charge is 0.507 e. The molecule has 0 aliphatic rings. The van der Waals surface area contributed by atoms with Crippen LogP contribution in [0, 0.1) is 0 Å². The van der Waals surface area contributed by atoms with E-state index >= 15 is 0 Å². The number of nitrogens with two attached hydrogens (primary N) is 2. The molecule has 3 aromatic carbocycles. The van der Waals surface area contributed by atoms with Gasteiger partial charge in [-0.05, 0) is 42.0 Å². The number of imidazole rings is 1. The van der Waals surface area contributed by atoms with E-state index in [-0.39, 0.29) is 34.1 Å². The van der Waals surface area contributed by atoms with E-state index in [0.717, 1.165) is 0 Å². The predicted molar refractivity (Wildman–Crippen MR) is 128 cm³/mol. The van der Waals surface area contributed by atoms with E-state index < -0.39 is 24.3 Å². The van der Waals surface area contributed by atoms with E-state index in [1.807, 2.05) is 0 Å². The summed E-state index contributed by atoms with van der Waals surface area (Å²) in [5.74, 6) is -3.29. The fourth-order valence-electron chi connectivity index (χ4n) is 3.95. The normalized spacial score (nSPS) is 11.8. The number of aromatic amines is 1. The third-order valence-corrected chi connectivity index (χ3v) is 5.68. The highest BCUT2D eigenvalue weighted by Gasteiger charge is 2.27. The Hall–Kier alpha value is -4.86. The molecule has 4 aromatic rings. The second-order valence-corrected chi connectivity index (χ2v) is 7.93. The molecule has 4 rings (SSSR count). The number of hydrogen-bond acceptors (Lipinski definition) is 5. The number of ether oxygens (including phenoxy) is 1. The first-order chi connectivity index (χ1) is 16.7. The van der Waals surface area contributed by atoms with Gasteiger partial charge in [-0.15, -0.1) is 0 Å². The molecule has 0 spiro atoms. The van der Waals surface area contributed by atoms with Crippen LogP contribution in [0.5, 0.6) is 11.5 Å². The summed E-state index contributed by atoms with van der Waals surface area (Å²) in [6.07, 6.45) is -0.639. The molecule has 0 aliphatic carbocycles. The number of benzene rings is 3. The Balaban J connectivity index is 1.99. The van der Waals surface area contributed by atoms with Crippen LogP contribution in [-0.2, 0) is 9.59 Å². The molecule has 0 bridgehead atoms. The van der Waals surface area contributed by atoms with Crippen molar-refractivity contribution in [1.82, 2.24) is 9.97 Å². The van der Waals surface area contributed by atoms with Crippen molar-refractivity contribution in [3.63, 3.8) is 0 Å². The number of H-pyrrole nitrogens is 1. The lowest BCUT2D eigenvalue weighted by atomic mass is 9.89. The second-order valence-electron chi connectivity index (χ2n) is 7.93. The minimum Gasteiger partial charge on any atom is -0.507 e. The van der Waals surface area contributed by atoms with Gasteiger partial charge in [-0.1, -0.05) is 18.2 Å². The van der Waals surface area contributed by atoms with E-state index in [4.69, 9.17) is 15.9 Å². The molecule has 0 aliphatic heterocycles. The zero-order chi connectivity index (χ0) is 25.3. The van der Waals surface area contributed by atoms with Gasteiger partial charge in [0.05, 0.1) is 41.6 Å². The Morgan fingerprint density at radius 2 is 1.80 bits per heavy atom. The quantitative estimate of drug-likeness (QED) is 0.164. The minimum absolute atomic E-state index is 0.129. The van der Waals surface area contributed by atoms with Gasteiger partial charge in [0.25, 0.3) is 5.84 Å². The molecule has 1 aromatic heterocycles. The number of carbonyl (C=O) groups is 2. The molecule has 178 valence electrons. The predicted octanol–water partition coefficient (Wildman–Crippen LogP) is 1.72. The molecule has 10 heteroatoms.